The molecule has 1 heterocycles. The lowest BCUT2D eigenvalue weighted by molar-refractivity contribution is -0.118. The Morgan fingerprint density at radius 1 is 1.16 bits per heavy atom. The summed E-state index contributed by atoms with van der Waals surface area (Å²) < 4.78 is 13.0. The number of urea groups is 1. The fourth-order valence-corrected chi connectivity index (χ4v) is 2.79. The van der Waals surface area contributed by atoms with Gasteiger partial charge >= 0.3 is 6.03 Å². The van der Waals surface area contributed by atoms with E-state index in [1.165, 1.54) is 12.1 Å². The highest BCUT2D eigenvalue weighted by molar-refractivity contribution is 6.01. The summed E-state index contributed by atoms with van der Waals surface area (Å²) in [4.78, 5) is 26.0. The Labute approximate surface area is 145 Å². The quantitative estimate of drug-likeness (QED) is 0.898. The van der Waals surface area contributed by atoms with Gasteiger partial charge in [0.1, 0.15) is 11.9 Å². The largest absolute Gasteiger partial charge is 0.334 e. The fraction of sp³-hybridized carbons (Fsp3) is 0.263. The number of hydrogen-bond acceptors (Lipinski definition) is 2. The van der Waals surface area contributed by atoms with Crippen LogP contribution in [0.5, 0.6) is 0 Å². The number of rotatable bonds is 4. The first kappa shape index (κ1) is 17.0. The summed E-state index contributed by atoms with van der Waals surface area (Å²) >= 11 is 0. The summed E-state index contributed by atoms with van der Waals surface area (Å²) in [6.45, 7) is 2.89. The van der Waals surface area contributed by atoms with Crippen LogP contribution in [0.15, 0.2) is 48.5 Å². The number of carbonyl (C=O) groups is 2. The molecular formula is C19H20FN3O2. The first-order valence-corrected chi connectivity index (χ1v) is 8.20. The topological polar surface area (TPSA) is 61.4 Å². The molecule has 1 aliphatic rings. The van der Waals surface area contributed by atoms with E-state index in [2.05, 4.69) is 10.6 Å². The molecule has 0 bridgehead atoms. The second kappa shape index (κ2) is 7.34. The van der Waals surface area contributed by atoms with Crippen LogP contribution in [0.2, 0.25) is 0 Å². The normalized spacial score (nSPS) is 16.8. The molecule has 6 heteroatoms. The van der Waals surface area contributed by atoms with E-state index in [0.717, 1.165) is 11.1 Å². The van der Waals surface area contributed by atoms with Crippen LogP contribution >= 0.6 is 0 Å². The molecular weight excluding hydrogens is 321 g/mol. The maximum Gasteiger partial charge on any atom is 0.315 e. The zero-order valence-corrected chi connectivity index (χ0v) is 14.0. The number of benzene rings is 2. The van der Waals surface area contributed by atoms with Crippen molar-refractivity contribution in [3.05, 3.63) is 65.5 Å². The fourth-order valence-electron chi connectivity index (χ4n) is 2.79. The number of nitrogens with zero attached hydrogens (tertiary/aromatic N) is 1. The zero-order chi connectivity index (χ0) is 17.8. The van der Waals surface area contributed by atoms with Crippen molar-refractivity contribution in [3.8, 4) is 0 Å². The standard InChI is InChI=1S/C19H20FN3O2/c1-13-2-4-14(5-3-13)12-21-19(25)22-17-10-11-23(18(17)24)16-8-6-15(20)7-9-16/h2-9,17H,10-12H2,1H3,(H2,21,22,25)/t17-/m0/s1. The van der Waals surface area contributed by atoms with Crippen LogP contribution in [0.25, 0.3) is 0 Å². The maximum absolute atomic E-state index is 13.0. The summed E-state index contributed by atoms with van der Waals surface area (Å²) in [5, 5.41) is 5.46. The number of hydrogen-bond donors (Lipinski definition) is 2. The highest BCUT2D eigenvalue weighted by Gasteiger charge is 2.33. The van der Waals surface area contributed by atoms with Crippen LogP contribution in [0.1, 0.15) is 17.5 Å². The lowest BCUT2D eigenvalue weighted by atomic mass is 10.1. The molecule has 0 aromatic heterocycles. The van der Waals surface area contributed by atoms with Crippen LogP contribution in [0, 0.1) is 12.7 Å². The van der Waals surface area contributed by atoms with Crippen molar-refractivity contribution in [3.63, 3.8) is 0 Å². The molecule has 2 N–H and O–H groups in total. The van der Waals surface area contributed by atoms with Crippen molar-refractivity contribution < 1.29 is 14.0 Å². The molecule has 3 rings (SSSR count). The molecule has 1 saturated heterocycles. The van der Waals surface area contributed by atoms with Crippen LogP contribution in [0.3, 0.4) is 0 Å². The van der Waals surface area contributed by atoms with Crippen LogP contribution in [0.4, 0.5) is 14.9 Å². The minimum Gasteiger partial charge on any atom is -0.334 e. The van der Waals surface area contributed by atoms with Gasteiger partial charge in [-0.25, -0.2) is 9.18 Å². The average Bonchev–Trinajstić information content (AvgIpc) is 2.96. The maximum atomic E-state index is 13.0. The number of aryl methyl sites for hydroxylation is 1. The Bertz CT molecular complexity index is 759. The van der Waals surface area contributed by atoms with Crippen molar-refractivity contribution in [2.24, 2.45) is 0 Å². The summed E-state index contributed by atoms with van der Waals surface area (Å²) in [7, 11) is 0. The van der Waals surface area contributed by atoms with Crippen LogP contribution < -0.4 is 15.5 Å². The van der Waals surface area contributed by atoms with Gasteiger partial charge in [0.2, 0.25) is 5.91 Å². The molecule has 0 radical (unpaired) electrons. The molecule has 25 heavy (non-hydrogen) atoms. The Hall–Kier alpha value is -2.89. The Morgan fingerprint density at radius 3 is 2.52 bits per heavy atom. The second-order valence-electron chi connectivity index (χ2n) is 6.12. The van der Waals surface area contributed by atoms with Crippen molar-refractivity contribution in [1.82, 2.24) is 10.6 Å². The minimum atomic E-state index is -0.567. The summed E-state index contributed by atoms with van der Waals surface area (Å²) in [6, 6.07) is 12.7. The summed E-state index contributed by atoms with van der Waals surface area (Å²) in [5.41, 5.74) is 2.79. The van der Waals surface area contributed by atoms with Gasteiger partial charge in [0.25, 0.3) is 0 Å². The number of carbonyl (C=O) groups excluding carboxylic acids is 2. The first-order valence-electron chi connectivity index (χ1n) is 8.20. The summed E-state index contributed by atoms with van der Waals surface area (Å²) in [6.07, 6.45) is 0.522. The van der Waals surface area contributed by atoms with Crippen LogP contribution in [-0.4, -0.2) is 24.5 Å². The second-order valence-corrected chi connectivity index (χ2v) is 6.12. The lowest BCUT2D eigenvalue weighted by Gasteiger charge is -2.17. The highest BCUT2D eigenvalue weighted by Crippen LogP contribution is 2.21. The van der Waals surface area contributed by atoms with E-state index in [4.69, 9.17) is 0 Å². The van der Waals surface area contributed by atoms with Gasteiger partial charge in [-0.1, -0.05) is 29.8 Å². The van der Waals surface area contributed by atoms with Crippen molar-refractivity contribution in [2.75, 3.05) is 11.4 Å². The first-order chi connectivity index (χ1) is 12.0. The van der Waals surface area contributed by atoms with Crippen molar-refractivity contribution in [2.45, 2.75) is 25.9 Å². The molecule has 1 aliphatic heterocycles. The van der Waals surface area contributed by atoms with E-state index in [9.17, 15) is 14.0 Å². The van der Waals surface area contributed by atoms with E-state index < -0.39 is 6.04 Å². The minimum absolute atomic E-state index is 0.183. The number of amides is 3. The van der Waals surface area contributed by atoms with Gasteiger partial charge in [-0.2, -0.15) is 0 Å². The van der Waals surface area contributed by atoms with Crippen molar-refractivity contribution >= 4 is 17.6 Å². The summed E-state index contributed by atoms with van der Waals surface area (Å²) in [5.74, 6) is -0.530. The van der Waals surface area contributed by atoms with Gasteiger partial charge in [0.15, 0.2) is 0 Å². The Balaban J connectivity index is 1.52. The molecule has 1 atom stereocenters. The Kier molecular flexibility index (Phi) is 4.97. The predicted molar refractivity (Wildman–Crippen MR) is 93.7 cm³/mol. The molecule has 2 aromatic rings. The van der Waals surface area contributed by atoms with E-state index in [-0.39, 0.29) is 17.8 Å². The predicted octanol–water partition coefficient (Wildman–Crippen LogP) is 2.74. The third-order valence-electron chi connectivity index (χ3n) is 4.22. The Morgan fingerprint density at radius 2 is 1.84 bits per heavy atom. The monoisotopic (exact) mass is 341 g/mol. The highest BCUT2D eigenvalue weighted by atomic mass is 19.1. The molecule has 1 fully saturated rings. The van der Waals surface area contributed by atoms with E-state index >= 15 is 0 Å². The number of halogens is 1. The van der Waals surface area contributed by atoms with E-state index in [0.29, 0.717) is 25.2 Å². The van der Waals surface area contributed by atoms with Gasteiger partial charge in [-0.3, -0.25) is 4.79 Å². The van der Waals surface area contributed by atoms with Crippen molar-refractivity contribution in [1.29, 1.82) is 0 Å². The molecule has 0 spiro atoms. The molecule has 2 aromatic carbocycles. The van der Waals surface area contributed by atoms with Gasteiger partial charge in [-0.05, 0) is 43.2 Å². The third-order valence-corrected chi connectivity index (χ3v) is 4.22. The molecule has 3 amide bonds. The molecule has 130 valence electrons. The molecule has 0 aliphatic carbocycles. The van der Waals surface area contributed by atoms with Gasteiger partial charge < -0.3 is 15.5 Å². The molecule has 0 unspecified atom stereocenters. The zero-order valence-electron chi connectivity index (χ0n) is 14.0. The lowest BCUT2D eigenvalue weighted by Crippen LogP contribution is -2.45. The SMILES string of the molecule is Cc1ccc(CNC(=O)N[C@H]2CCN(c3ccc(F)cc3)C2=O)cc1. The van der Waals surface area contributed by atoms with E-state index in [1.807, 2.05) is 31.2 Å². The number of anilines is 1. The van der Waals surface area contributed by atoms with Gasteiger partial charge in [-0.15, -0.1) is 0 Å². The van der Waals surface area contributed by atoms with Crippen LogP contribution in [-0.2, 0) is 11.3 Å². The van der Waals surface area contributed by atoms with E-state index in [1.54, 1.807) is 17.0 Å². The molecule has 5 nitrogen and oxygen atoms in total. The number of nitrogens with one attached hydrogen (secondary N) is 2. The third kappa shape index (κ3) is 4.15. The molecule has 0 saturated carbocycles. The smallest absolute Gasteiger partial charge is 0.315 e. The van der Waals surface area contributed by atoms with Gasteiger partial charge in [0.05, 0.1) is 0 Å². The average molecular weight is 341 g/mol. The van der Waals surface area contributed by atoms with Gasteiger partial charge in [0, 0.05) is 18.8 Å².